The molecule has 6 nitrogen and oxygen atoms in total. The third kappa shape index (κ3) is 3.75. The molecule has 1 saturated heterocycles. The van der Waals surface area contributed by atoms with E-state index < -0.39 is 5.54 Å². The SMILES string of the molecule is Cc1ccc2c(c1)C(NCC1(CN)COC1)(C1CNSc3ccccc3C1)C=C(O)N2. The standard InChI is InChI=1S/C24H30N4O2S/c1-16-6-7-20-19(8-16)24(10-22(29)28-20,26-13-23(12-25)14-30-15-23)18-9-17-4-2-3-5-21(17)31-27-11-18/h2-8,10,18,26-29H,9,11-15,25H2,1H3. The number of hydrogen-bond donors (Lipinski definition) is 5. The lowest BCUT2D eigenvalue weighted by Crippen LogP contribution is -2.60. The van der Waals surface area contributed by atoms with Crippen molar-refractivity contribution in [2.45, 2.75) is 23.8 Å². The van der Waals surface area contributed by atoms with Gasteiger partial charge in [0.15, 0.2) is 5.88 Å². The highest BCUT2D eigenvalue weighted by Crippen LogP contribution is 2.44. The second-order valence-corrected chi connectivity index (χ2v) is 10.0. The molecule has 0 aromatic heterocycles. The molecule has 0 bridgehead atoms. The number of nitrogens with two attached hydrogens (primary N) is 1. The fourth-order valence-corrected chi connectivity index (χ4v) is 5.74. The van der Waals surface area contributed by atoms with Crippen molar-refractivity contribution in [2.24, 2.45) is 17.1 Å². The molecule has 0 spiro atoms. The Bertz CT molecular complexity index is 1000. The van der Waals surface area contributed by atoms with E-state index in [9.17, 15) is 5.11 Å². The Morgan fingerprint density at radius 2 is 2.10 bits per heavy atom. The van der Waals surface area contributed by atoms with Crippen LogP contribution in [0.25, 0.3) is 0 Å². The molecule has 1 fully saturated rings. The van der Waals surface area contributed by atoms with E-state index in [0.717, 1.165) is 30.8 Å². The molecule has 2 atom stereocenters. The van der Waals surface area contributed by atoms with Crippen LogP contribution in [0.2, 0.25) is 0 Å². The number of hydrogen-bond acceptors (Lipinski definition) is 7. The molecule has 164 valence electrons. The van der Waals surface area contributed by atoms with Crippen molar-refractivity contribution in [1.29, 1.82) is 0 Å². The van der Waals surface area contributed by atoms with Crippen LogP contribution in [0.4, 0.5) is 5.69 Å². The lowest BCUT2D eigenvalue weighted by molar-refractivity contribution is -0.108. The van der Waals surface area contributed by atoms with Gasteiger partial charge in [-0.05, 0) is 43.0 Å². The molecule has 2 unspecified atom stereocenters. The van der Waals surface area contributed by atoms with Gasteiger partial charge in [-0.15, -0.1) is 0 Å². The van der Waals surface area contributed by atoms with Gasteiger partial charge in [-0.1, -0.05) is 35.9 Å². The van der Waals surface area contributed by atoms with Crippen LogP contribution in [-0.4, -0.2) is 38.0 Å². The number of anilines is 1. The summed E-state index contributed by atoms with van der Waals surface area (Å²) < 4.78 is 9.08. The Kier molecular flexibility index (Phi) is 5.48. The number of rotatable bonds is 5. The minimum absolute atomic E-state index is 0.0594. The average molecular weight is 439 g/mol. The minimum Gasteiger partial charge on any atom is -0.495 e. The van der Waals surface area contributed by atoms with Gasteiger partial charge in [0, 0.05) is 53.2 Å². The Balaban J connectivity index is 1.60. The molecule has 2 aromatic rings. The van der Waals surface area contributed by atoms with E-state index in [-0.39, 0.29) is 17.2 Å². The molecule has 6 N–H and O–H groups in total. The summed E-state index contributed by atoms with van der Waals surface area (Å²) >= 11 is 1.69. The summed E-state index contributed by atoms with van der Waals surface area (Å²) in [5, 5.41) is 17.8. The first-order valence-electron chi connectivity index (χ1n) is 10.8. The Morgan fingerprint density at radius 1 is 1.26 bits per heavy atom. The van der Waals surface area contributed by atoms with Crippen molar-refractivity contribution in [1.82, 2.24) is 10.0 Å². The quantitative estimate of drug-likeness (QED) is 0.458. The van der Waals surface area contributed by atoms with Crippen molar-refractivity contribution >= 4 is 17.6 Å². The monoisotopic (exact) mass is 438 g/mol. The Morgan fingerprint density at radius 3 is 2.87 bits per heavy atom. The maximum Gasteiger partial charge on any atom is 0.186 e. The number of fused-ring (bicyclic) bond motifs is 2. The maximum atomic E-state index is 10.7. The van der Waals surface area contributed by atoms with Gasteiger partial charge in [0.2, 0.25) is 0 Å². The molecule has 0 radical (unpaired) electrons. The van der Waals surface area contributed by atoms with Crippen LogP contribution in [0.15, 0.2) is 59.3 Å². The third-order valence-corrected chi connectivity index (χ3v) is 7.78. The third-order valence-electron chi connectivity index (χ3n) is 6.85. The lowest BCUT2D eigenvalue weighted by atomic mass is 9.71. The van der Waals surface area contributed by atoms with Gasteiger partial charge in [-0.25, -0.2) is 0 Å². The lowest BCUT2D eigenvalue weighted by Gasteiger charge is -2.48. The fourth-order valence-electron chi connectivity index (χ4n) is 4.87. The first kappa shape index (κ1) is 20.8. The zero-order chi connectivity index (χ0) is 21.5. The number of aliphatic hydroxyl groups is 1. The first-order chi connectivity index (χ1) is 15.0. The van der Waals surface area contributed by atoms with Crippen LogP contribution in [0.5, 0.6) is 0 Å². The smallest absolute Gasteiger partial charge is 0.186 e. The normalized spacial score (nSPS) is 26.5. The van der Waals surface area contributed by atoms with Crippen molar-refractivity contribution in [3.63, 3.8) is 0 Å². The topological polar surface area (TPSA) is 91.6 Å². The molecule has 0 aliphatic carbocycles. The van der Waals surface area contributed by atoms with Crippen LogP contribution in [0.1, 0.15) is 16.7 Å². The molecule has 31 heavy (non-hydrogen) atoms. The molecular weight excluding hydrogens is 408 g/mol. The largest absolute Gasteiger partial charge is 0.495 e. The number of ether oxygens (including phenoxy) is 1. The number of aryl methyl sites for hydroxylation is 1. The summed E-state index contributed by atoms with van der Waals surface area (Å²) in [6.07, 6.45) is 2.86. The highest BCUT2D eigenvalue weighted by molar-refractivity contribution is 7.97. The van der Waals surface area contributed by atoms with Gasteiger partial charge in [0.05, 0.1) is 18.8 Å². The highest BCUT2D eigenvalue weighted by Gasteiger charge is 2.46. The second kappa shape index (κ2) is 8.15. The van der Waals surface area contributed by atoms with Crippen molar-refractivity contribution < 1.29 is 9.84 Å². The Hall–Kier alpha value is -2.03. The summed E-state index contributed by atoms with van der Waals surface area (Å²) in [6.45, 7) is 5.56. The molecule has 3 aliphatic rings. The van der Waals surface area contributed by atoms with E-state index in [1.165, 1.54) is 16.0 Å². The summed E-state index contributed by atoms with van der Waals surface area (Å²) in [6, 6.07) is 14.9. The molecule has 5 rings (SSSR count). The molecule has 0 saturated carbocycles. The van der Waals surface area contributed by atoms with E-state index in [0.29, 0.717) is 19.8 Å². The summed E-state index contributed by atoms with van der Waals surface area (Å²) in [5.41, 5.74) is 10.1. The molecule has 2 aromatic carbocycles. The zero-order valence-electron chi connectivity index (χ0n) is 17.8. The summed E-state index contributed by atoms with van der Waals surface area (Å²) in [4.78, 5) is 1.26. The van der Waals surface area contributed by atoms with Gasteiger partial charge in [0.25, 0.3) is 0 Å². The van der Waals surface area contributed by atoms with Crippen LogP contribution in [0.3, 0.4) is 0 Å². The van der Waals surface area contributed by atoms with Crippen molar-refractivity contribution in [3.05, 3.63) is 71.1 Å². The fraction of sp³-hybridized carbons (Fsp3) is 0.417. The minimum atomic E-state index is -0.542. The van der Waals surface area contributed by atoms with Crippen molar-refractivity contribution in [2.75, 3.05) is 38.2 Å². The van der Waals surface area contributed by atoms with E-state index in [2.05, 4.69) is 64.7 Å². The maximum absolute atomic E-state index is 10.7. The van der Waals surface area contributed by atoms with Gasteiger partial charge in [-0.3, -0.25) is 4.72 Å². The summed E-state index contributed by atoms with van der Waals surface area (Å²) in [7, 11) is 0. The van der Waals surface area contributed by atoms with Crippen LogP contribution in [0, 0.1) is 18.3 Å². The van der Waals surface area contributed by atoms with Crippen LogP contribution < -0.4 is 21.1 Å². The Labute approximate surface area is 187 Å². The molecule has 7 heteroatoms. The highest BCUT2D eigenvalue weighted by atomic mass is 32.2. The van der Waals surface area contributed by atoms with E-state index >= 15 is 0 Å². The van der Waals surface area contributed by atoms with Gasteiger partial charge >= 0.3 is 0 Å². The van der Waals surface area contributed by atoms with Gasteiger partial charge < -0.3 is 26.2 Å². The predicted octanol–water partition coefficient (Wildman–Crippen LogP) is 3.05. The molecular formula is C24H30N4O2S. The van der Waals surface area contributed by atoms with E-state index in [1.807, 2.05) is 6.08 Å². The second-order valence-electron chi connectivity index (χ2n) is 9.08. The van der Waals surface area contributed by atoms with Gasteiger partial charge in [0.1, 0.15) is 0 Å². The van der Waals surface area contributed by atoms with E-state index in [1.54, 1.807) is 11.9 Å². The van der Waals surface area contributed by atoms with E-state index in [4.69, 9.17) is 10.5 Å². The molecule has 0 amide bonds. The average Bonchev–Trinajstić information content (AvgIpc) is 2.96. The number of benzene rings is 2. The molecule has 3 aliphatic heterocycles. The number of aliphatic hydroxyl groups excluding tert-OH is 1. The van der Waals surface area contributed by atoms with Crippen LogP contribution in [-0.2, 0) is 16.7 Å². The van der Waals surface area contributed by atoms with Crippen LogP contribution >= 0.6 is 11.9 Å². The van der Waals surface area contributed by atoms with Crippen molar-refractivity contribution in [3.8, 4) is 0 Å². The van der Waals surface area contributed by atoms with Gasteiger partial charge in [-0.2, -0.15) is 0 Å². The summed E-state index contributed by atoms with van der Waals surface area (Å²) in [5.74, 6) is 0.366. The number of nitrogens with one attached hydrogen (secondary N) is 3. The zero-order valence-corrected chi connectivity index (χ0v) is 18.6. The predicted molar refractivity (Wildman–Crippen MR) is 125 cm³/mol. The molecule has 3 heterocycles. The first-order valence-corrected chi connectivity index (χ1v) is 11.7.